The number of anilines is 1. The van der Waals surface area contributed by atoms with Gasteiger partial charge in [0.15, 0.2) is 11.5 Å². The first-order chi connectivity index (χ1) is 11.7. The number of hydrogen-bond acceptors (Lipinski definition) is 3. The third kappa shape index (κ3) is 2.80. The Balaban J connectivity index is 1.57. The second kappa shape index (κ2) is 6.11. The Morgan fingerprint density at radius 3 is 2.79 bits per heavy atom. The van der Waals surface area contributed by atoms with Gasteiger partial charge in [0, 0.05) is 17.7 Å². The van der Waals surface area contributed by atoms with E-state index in [1.165, 1.54) is 24.0 Å². The Labute approximate surface area is 140 Å². The Bertz CT molecular complexity index is 911. The molecule has 0 bridgehead atoms. The molecule has 122 valence electrons. The molecule has 0 atom stereocenters. The summed E-state index contributed by atoms with van der Waals surface area (Å²) in [5, 5.41) is 2.96. The molecule has 4 rings (SSSR count). The molecule has 3 aromatic rings. The number of aromatic nitrogens is 1. The molecule has 1 aliphatic carbocycles. The lowest BCUT2D eigenvalue weighted by atomic mass is 9.90. The average molecular weight is 320 g/mol. The van der Waals surface area contributed by atoms with Crippen molar-refractivity contribution in [1.82, 2.24) is 4.98 Å². The van der Waals surface area contributed by atoms with Crippen LogP contribution in [0.5, 0.6) is 0 Å². The van der Waals surface area contributed by atoms with Gasteiger partial charge in [-0.25, -0.2) is 4.98 Å². The summed E-state index contributed by atoms with van der Waals surface area (Å²) in [6.07, 6.45) is 5.41. The molecule has 0 saturated heterocycles. The zero-order valence-corrected chi connectivity index (χ0v) is 13.8. The van der Waals surface area contributed by atoms with Crippen LogP contribution in [0.25, 0.3) is 11.1 Å². The van der Waals surface area contributed by atoms with E-state index in [0.717, 1.165) is 36.0 Å². The first-order valence-corrected chi connectivity index (χ1v) is 8.55. The standard InChI is InChI=1S/C20H20N2O2/c1-2-19-22-17-12-16(9-10-18(17)24-19)21-20(23)15-8-7-13-5-3-4-6-14(13)11-15/h7-12H,2-6H2,1H3,(H,21,23). The van der Waals surface area contributed by atoms with E-state index in [9.17, 15) is 4.79 Å². The van der Waals surface area contributed by atoms with Crippen LogP contribution in [0.2, 0.25) is 0 Å². The maximum atomic E-state index is 12.5. The van der Waals surface area contributed by atoms with Crippen molar-refractivity contribution in [3.8, 4) is 0 Å². The topological polar surface area (TPSA) is 55.1 Å². The number of oxazole rings is 1. The second-order valence-electron chi connectivity index (χ2n) is 6.29. The number of carbonyl (C=O) groups excluding carboxylic acids is 1. The lowest BCUT2D eigenvalue weighted by molar-refractivity contribution is 0.102. The van der Waals surface area contributed by atoms with E-state index in [1.54, 1.807) is 0 Å². The summed E-state index contributed by atoms with van der Waals surface area (Å²) in [6, 6.07) is 11.6. The van der Waals surface area contributed by atoms with Crippen LogP contribution in [-0.2, 0) is 19.3 Å². The Morgan fingerprint density at radius 1 is 1.12 bits per heavy atom. The third-order valence-corrected chi connectivity index (χ3v) is 4.60. The number of carbonyl (C=O) groups is 1. The van der Waals surface area contributed by atoms with Crippen molar-refractivity contribution in [3.63, 3.8) is 0 Å². The van der Waals surface area contributed by atoms with Crippen LogP contribution in [0.1, 0.15) is 47.1 Å². The minimum absolute atomic E-state index is 0.0815. The molecule has 1 amide bonds. The van der Waals surface area contributed by atoms with Gasteiger partial charge in [-0.2, -0.15) is 0 Å². The van der Waals surface area contributed by atoms with Gasteiger partial charge in [-0.3, -0.25) is 4.79 Å². The van der Waals surface area contributed by atoms with Gasteiger partial charge in [0.2, 0.25) is 0 Å². The molecule has 1 heterocycles. The number of fused-ring (bicyclic) bond motifs is 2. The zero-order valence-electron chi connectivity index (χ0n) is 13.8. The quantitative estimate of drug-likeness (QED) is 0.772. The predicted molar refractivity (Wildman–Crippen MR) is 94.4 cm³/mol. The van der Waals surface area contributed by atoms with Gasteiger partial charge in [-0.15, -0.1) is 0 Å². The van der Waals surface area contributed by atoms with Crippen molar-refractivity contribution in [3.05, 3.63) is 59.0 Å². The summed E-state index contributed by atoms with van der Waals surface area (Å²) in [6.45, 7) is 2.00. The molecular weight excluding hydrogens is 300 g/mol. The first-order valence-electron chi connectivity index (χ1n) is 8.55. The lowest BCUT2D eigenvalue weighted by Gasteiger charge is -2.16. The molecular formula is C20H20N2O2. The van der Waals surface area contributed by atoms with Crippen LogP contribution < -0.4 is 5.32 Å². The highest BCUT2D eigenvalue weighted by molar-refractivity contribution is 6.05. The normalized spacial score (nSPS) is 13.7. The maximum absolute atomic E-state index is 12.5. The fourth-order valence-corrected chi connectivity index (χ4v) is 3.28. The van der Waals surface area contributed by atoms with Crippen LogP contribution >= 0.6 is 0 Å². The molecule has 4 nitrogen and oxygen atoms in total. The molecule has 1 N–H and O–H groups in total. The lowest BCUT2D eigenvalue weighted by Crippen LogP contribution is -2.13. The zero-order chi connectivity index (χ0) is 16.5. The van der Waals surface area contributed by atoms with Gasteiger partial charge in [0.05, 0.1) is 0 Å². The van der Waals surface area contributed by atoms with E-state index < -0.39 is 0 Å². The number of amides is 1. The van der Waals surface area contributed by atoms with Crippen LogP contribution in [0.4, 0.5) is 5.69 Å². The summed E-state index contributed by atoms with van der Waals surface area (Å²) in [5.74, 6) is 0.630. The van der Waals surface area contributed by atoms with Gasteiger partial charge in [0.25, 0.3) is 5.91 Å². The summed E-state index contributed by atoms with van der Waals surface area (Å²) in [4.78, 5) is 17.0. The van der Waals surface area contributed by atoms with E-state index in [-0.39, 0.29) is 5.91 Å². The van der Waals surface area contributed by atoms with E-state index in [1.807, 2.05) is 37.3 Å². The van der Waals surface area contributed by atoms with Gasteiger partial charge in [-0.05, 0) is 67.1 Å². The predicted octanol–water partition coefficient (Wildman–Crippen LogP) is 4.52. The smallest absolute Gasteiger partial charge is 0.255 e. The highest BCUT2D eigenvalue weighted by Gasteiger charge is 2.13. The molecule has 0 aliphatic heterocycles. The molecule has 1 aliphatic rings. The van der Waals surface area contributed by atoms with Crippen molar-refractivity contribution >= 4 is 22.7 Å². The monoisotopic (exact) mass is 320 g/mol. The van der Waals surface area contributed by atoms with Gasteiger partial charge < -0.3 is 9.73 Å². The highest BCUT2D eigenvalue weighted by Crippen LogP contribution is 2.24. The summed E-state index contributed by atoms with van der Waals surface area (Å²) in [5.41, 5.74) is 5.67. The van der Waals surface area contributed by atoms with Crippen molar-refractivity contribution in [1.29, 1.82) is 0 Å². The molecule has 1 aromatic heterocycles. The third-order valence-electron chi connectivity index (χ3n) is 4.60. The SMILES string of the molecule is CCc1nc2cc(NC(=O)c3ccc4c(c3)CCCC4)ccc2o1. The molecule has 2 aromatic carbocycles. The van der Waals surface area contributed by atoms with Crippen molar-refractivity contribution < 1.29 is 9.21 Å². The van der Waals surface area contributed by atoms with E-state index in [0.29, 0.717) is 11.5 Å². The maximum Gasteiger partial charge on any atom is 0.255 e. The van der Waals surface area contributed by atoms with Crippen LogP contribution in [0.15, 0.2) is 40.8 Å². The Kier molecular flexibility index (Phi) is 3.81. The molecule has 0 saturated carbocycles. The number of aryl methyl sites for hydroxylation is 3. The molecule has 0 spiro atoms. The fraction of sp³-hybridized carbons (Fsp3) is 0.300. The van der Waals surface area contributed by atoms with Gasteiger partial charge in [0.1, 0.15) is 5.52 Å². The van der Waals surface area contributed by atoms with Crippen molar-refractivity contribution in [2.45, 2.75) is 39.0 Å². The number of benzene rings is 2. The molecule has 4 heteroatoms. The number of nitrogens with zero attached hydrogens (tertiary/aromatic N) is 1. The average Bonchev–Trinajstić information content (AvgIpc) is 3.03. The second-order valence-corrected chi connectivity index (χ2v) is 6.29. The van der Waals surface area contributed by atoms with E-state index in [2.05, 4.69) is 16.4 Å². The number of nitrogens with one attached hydrogen (secondary N) is 1. The summed E-state index contributed by atoms with van der Waals surface area (Å²) >= 11 is 0. The van der Waals surface area contributed by atoms with Crippen molar-refractivity contribution in [2.24, 2.45) is 0 Å². The molecule has 0 fully saturated rings. The van der Waals surface area contributed by atoms with Crippen LogP contribution in [0, 0.1) is 0 Å². The molecule has 24 heavy (non-hydrogen) atoms. The largest absolute Gasteiger partial charge is 0.441 e. The highest BCUT2D eigenvalue weighted by atomic mass is 16.3. The van der Waals surface area contributed by atoms with Crippen molar-refractivity contribution in [2.75, 3.05) is 5.32 Å². The minimum Gasteiger partial charge on any atom is -0.441 e. The molecule has 0 unspecified atom stereocenters. The van der Waals surface area contributed by atoms with Gasteiger partial charge >= 0.3 is 0 Å². The summed E-state index contributed by atoms with van der Waals surface area (Å²) < 4.78 is 5.60. The molecule has 0 radical (unpaired) electrons. The van der Waals surface area contributed by atoms with E-state index in [4.69, 9.17) is 4.42 Å². The number of rotatable bonds is 3. The van der Waals surface area contributed by atoms with Crippen LogP contribution in [0.3, 0.4) is 0 Å². The Hall–Kier alpha value is -2.62. The number of hydrogen-bond donors (Lipinski definition) is 1. The van der Waals surface area contributed by atoms with E-state index >= 15 is 0 Å². The first kappa shape index (κ1) is 14.9. The fourth-order valence-electron chi connectivity index (χ4n) is 3.28. The Morgan fingerprint density at radius 2 is 1.96 bits per heavy atom. The summed E-state index contributed by atoms with van der Waals surface area (Å²) in [7, 11) is 0. The minimum atomic E-state index is -0.0815. The van der Waals surface area contributed by atoms with Gasteiger partial charge in [-0.1, -0.05) is 13.0 Å². The van der Waals surface area contributed by atoms with Crippen LogP contribution in [-0.4, -0.2) is 10.9 Å².